The summed E-state index contributed by atoms with van der Waals surface area (Å²) in [5, 5.41) is 0. The van der Waals surface area contributed by atoms with Crippen molar-refractivity contribution in [3.8, 4) is 0 Å². The van der Waals surface area contributed by atoms with Gasteiger partial charge in [-0.3, -0.25) is 0 Å². The Morgan fingerprint density at radius 3 is 2.53 bits per heavy atom. The molecule has 5 heteroatoms. The number of sulfonamides is 1. The number of benzene rings is 1. The van der Waals surface area contributed by atoms with Crippen LogP contribution in [0.5, 0.6) is 0 Å². The predicted molar refractivity (Wildman–Crippen MR) is 69.2 cm³/mol. The van der Waals surface area contributed by atoms with Gasteiger partial charge in [0.1, 0.15) is 0 Å². The van der Waals surface area contributed by atoms with Gasteiger partial charge in [-0.15, -0.1) is 0 Å². The van der Waals surface area contributed by atoms with Crippen molar-refractivity contribution in [3.63, 3.8) is 0 Å². The summed E-state index contributed by atoms with van der Waals surface area (Å²) in [4.78, 5) is 0. The Morgan fingerprint density at radius 2 is 1.88 bits per heavy atom. The molecule has 1 fully saturated rings. The highest BCUT2D eigenvalue weighted by molar-refractivity contribution is 7.89. The molecule has 0 spiro atoms. The van der Waals surface area contributed by atoms with Crippen LogP contribution in [-0.2, 0) is 16.4 Å². The molecule has 17 heavy (non-hydrogen) atoms. The van der Waals surface area contributed by atoms with Gasteiger partial charge in [0.05, 0.1) is 5.75 Å². The van der Waals surface area contributed by atoms with E-state index in [-0.39, 0.29) is 0 Å². The molecule has 2 rings (SSSR count). The molecule has 94 valence electrons. The molecule has 1 aliphatic rings. The second-order valence-corrected chi connectivity index (χ2v) is 6.50. The second kappa shape index (κ2) is 5.06. The number of rotatable bonds is 3. The third-order valence-corrected chi connectivity index (χ3v) is 5.04. The van der Waals surface area contributed by atoms with Gasteiger partial charge in [-0.1, -0.05) is 12.1 Å². The minimum absolute atomic E-state index is 0.300. The molecule has 0 unspecified atom stereocenters. The Bertz CT molecular complexity index is 468. The van der Waals surface area contributed by atoms with Gasteiger partial charge in [-0.05, 0) is 37.0 Å². The third kappa shape index (κ3) is 3.20. The number of hydrogen-bond acceptors (Lipinski definition) is 3. The summed E-state index contributed by atoms with van der Waals surface area (Å²) in [6.07, 6.45) is 2.52. The topological polar surface area (TPSA) is 63.4 Å². The van der Waals surface area contributed by atoms with E-state index in [0.717, 1.165) is 30.5 Å². The van der Waals surface area contributed by atoms with Gasteiger partial charge >= 0.3 is 0 Å². The van der Waals surface area contributed by atoms with Crippen LogP contribution in [0, 0.1) is 0 Å². The molecule has 0 bridgehead atoms. The monoisotopic (exact) mass is 254 g/mol. The molecule has 0 amide bonds. The van der Waals surface area contributed by atoms with Crippen molar-refractivity contribution in [2.75, 3.05) is 24.6 Å². The maximum absolute atomic E-state index is 11.8. The number of nitrogens with two attached hydrogens (primary N) is 1. The van der Waals surface area contributed by atoms with Gasteiger partial charge in [-0.25, -0.2) is 12.7 Å². The van der Waals surface area contributed by atoms with Crippen LogP contribution in [0.15, 0.2) is 24.3 Å². The average molecular weight is 254 g/mol. The molecule has 1 aromatic carbocycles. The zero-order valence-electron chi connectivity index (χ0n) is 9.80. The summed E-state index contributed by atoms with van der Waals surface area (Å²) in [7, 11) is -2.99. The van der Waals surface area contributed by atoms with Gasteiger partial charge in [0, 0.05) is 18.8 Å². The Hall–Kier alpha value is -1.07. The van der Waals surface area contributed by atoms with E-state index in [1.165, 1.54) is 0 Å². The summed E-state index contributed by atoms with van der Waals surface area (Å²) in [6.45, 7) is 1.24. The highest BCUT2D eigenvalue weighted by Crippen LogP contribution is 2.14. The highest BCUT2D eigenvalue weighted by atomic mass is 32.2. The highest BCUT2D eigenvalue weighted by Gasteiger charge is 2.24. The van der Waals surface area contributed by atoms with Crippen LogP contribution in [0.2, 0.25) is 0 Å². The number of nitrogen functional groups attached to an aromatic ring is 1. The van der Waals surface area contributed by atoms with Gasteiger partial charge in [0.15, 0.2) is 0 Å². The fourth-order valence-electron chi connectivity index (χ4n) is 2.03. The second-order valence-electron chi connectivity index (χ2n) is 4.41. The van der Waals surface area contributed by atoms with Crippen molar-refractivity contribution in [1.82, 2.24) is 4.31 Å². The van der Waals surface area contributed by atoms with Crippen LogP contribution in [0.25, 0.3) is 0 Å². The lowest BCUT2D eigenvalue weighted by atomic mass is 10.1. The summed E-state index contributed by atoms with van der Waals surface area (Å²) < 4.78 is 25.1. The molecule has 0 aliphatic carbocycles. The van der Waals surface area contributed by atoms with Crippen LogP contribution < -0.4 is 5.73 Å². The van der Waals surface area contributed by atoms with Gasteiger partial charge in [0.2, 0.25) is 10.0 Å². The van der Waals surface area contributed by atoms with E-state index in [1.54, 1.807) is 4.31 Å². The van der Waals surface area contributed by atoms with Crippen molar-refractivity contribution >= 4 is 15.7 Å². The molecule has 0 saturated carbocycles. The normalized spacial score (nSPS) is 20.2. The van der Waals surface area contributed by atoms with Crippen LogP contribution in [0.4, 0.5) is 5.69 Å². The molecule has 1 saturated heterocycles. The van der Waals surface area contributed by atoms with E-state index in [9.17, 15) is 8.42 Å². The quantitative estimate of drug-likeness (QED) is 0.825. The first-order valence-electron chi connectivity index (χ1n) is 5.90. The van der Waals surface area contributed by atoms with Gasteiger partial charge in [0.25, 0.3) is 0 Å². The summed E-state index contributed by atoms with van der Waals surface area (Å²) in [5.74, 6) is 0.300. The first-order chi connectivity index (χ1) is 8.08. The first kappa shape index (κ1) is 12.4. The lowest BCUT2D eigenvalue weighted by molar-refractivity contribution is 0.386. The molecule has 1 aromatic rings. The number of anilines is 1. The molecule has 0 radical (unpaired) electrons. The van der Waals surface area contributed by atoms with Crippen molar-refractivity contribution < 1.29 is 8.42 Å². The maximum Gasteiger partial charge on any atom is 0.214 e. The van der Waals surface area contributed by atoms with E-state index in [2.05, 4.69) is 0 Å². The van der Waals surface area contributed by atoms with Crippen LogP contribution in [0.1, 0.15) is 18.4 Å². The summed E-state index contributed by atoms with van der Waals surface area (Å²) >= 11 is 0. The maximum atomic E-state index is 11.8. The largest absolute Gasteiger partial charge is 0.399 e. The molecule has 0 aromatic heterocycles. The fraction of sp³-hybridized carbons (Fsp3) is 0.500. The molecule has 2 N–H and O–H groups in total. The average Bonchev–Trinajstić information content (AvgIpc) is 2.29. The lowest BCUT2D eigenvalue weighted by Crippen LogP contribution is -2.39. The number of nitrogens with zero attached hydrogens (tertiary/aromatic N) is 1. The fourth-order valence-corrected chi connectivity index (χ4v) is 3.63. The van der Waals surface area contributed by atoms with E-state index in [1.807, 2.05) is 24.3 Å². The smallest absolute Gasteiger partial charge is 0.214 e. The van der Waals surface area contributed by atoms with E-state index < -0.39 is 10.0 Å². The Balaban J connectivity index is 1.95. The van der Waals surface area contributed by atoms with Crippen molar-refractivity contribution in [2.24, 2.45) is 0 Å². The zero-order chi connectivity index (χ0) is 12.3. The van der Waals surface area contributed by atoms with Crippen molar-refractivity contribution in [3.05, 3.63) is 29.8 Å². The zero-order valence-corrected chi connectivity index (χ0v) is 10.6. The third-order valence-electron chi connectivity index (χ3n) is 3.08. The lowest BCUT2D eigenvalue weighted by Gasteiger charge is -2.26. The number of hydrogen-bond donors (Lipinski definition) is 1. The Labute approximate surface area is 102 Å². The van der Waals surface area contributed by atoms with Gasteiger partial charge in [-0.2, -0.15) is 0 Å². The Morgan fingerprint density at radius 1 is 1.18 bits per heavy atom. The molecular formula is C12H18N2O2S. The molecule has 4 nitrogen and oxygen atoms in total. The van der Waals surface area contributed by atoms with Crippen LogP contribution >= 0.6 is 0 Å². The van der Waals surface area contributed by atoms with E-state index in [4.69, 9.17) is 5.73 Å². The summed E-state index contributed by atoms with van der Waals surface area (Å²) in [5.41, 5.74) is 7.46. The van der Waals surface area contributed by atoms with Crippen LogP contribution in [-0.4, -0.2) is 31.6 Å². The molecule has 1 aliphatic heterocycles. The van der Waals surface area contributed by atoms with E-state index in [0.29, 0.717) is 18.8 Å². The summed E-state index contributed by atoms with van der Waals surface area (Å²) in [6, 6.07) is 7.60. The van der Waals surface area contributed by atoms with Crippen molar-refractivity contribution in [2.45, 2.75) is 19.3 Å². The van der Waals surface area contributed by atoms with E-state index >= 15 is 0 Å². The first-order valence-corrected chi connectivity index (χ1v) is 7.51. The minimum Gasteiger partial charge on any atom is -0.399 e. The van der Waals surface area contributed by atoms with Crippen molar-refractivity contribution in [1.29, 1.82) is 0 Å². The Kier molecular flexibility index (Phi) is 3.69. The van der Waals surface area contributed by atoms with Gasteiger partial charge < -0.3 is 5.73 Å². The molecular weight excluding hydrogens is 236 g/mol. The predicted octanol–water partition coefficient (Wildman–Crippen LogP) is 1.24. The molecule has 0 atom stereocenters. The minimum atomic E-state index is -2.99. The SMILES string of the molecule is Nc1ccc(CCN2CCCCS2(=O)=O)cc1. The standard InChI is InChI=1S/C12H18N2O2S/c13-12-5-3-11(4-6-12)7-9-14-8-1-2-10-17(14,15)16/h3-6H,1-2,7-10,13H2. The van der Waals surface area contributed by atoms with Crippen LogP contribution in [0.3, 0.4) is 0 Å². The molecule has 1 heterocycles.